The Hall–Kier alpha value is -3.60. The number of nitrogens with one attached hydrogen (secondary N) is 3. The number of hydrogen-bond donors (Lipinski definition) is 3. The van der Waals surface area contributed by atoms with Crippen molar-refractivity contribution in [2.45, 2.75) is 27.2 Å². The molecule has 0 fully saturated rings. The molecule has 3 aromatic rings. The van der Waals surface area contributed by atoms with Gasteiger partial charge >= 0.3 is 0 Å². The molecular formula is C20H23N7O. The fourth-order valence-corrected chi connectivity index (χ4v) is 2.61. The van der Waals surface area contributed by atoms with Crippen molar-refractivity contribution in [1.29, 1.82) is 0 Å². The minimum absolute atomic E-state index is 0.430. The van der Waals surface area contributed by atoms with Crippen molar-refractivity contribution in [3.63, 3.8) is 0 Å². The number of aromatic nitrogens is 4. The lowest BCUT2D eigenvalue weighted by atomic mass is 10.2. The highest BCUT2D eigenvalue weighted by Crippen LogP contribution is 2.30. The van der Waals surface area contributed by atoms with Gasteiger partial charge in [-0.2, -0.15) is 5.10 Å². The molecule has 8 heteroatoms. The molecule has 0 saturated carbocycles. The van der Waals surface area contributed by atoms with Crippen LogP contribution in [0, 0.1) is 20.4 Å². The molecule has 0 amide bonds. The van der Waals surface area contributed by atoms with Crippen molar-refractivity contribution in [2.75, 3.05) is 23.8 Å². The maximum Gasteiger partial charge on any atom is 0.231 e. The molecular weight excluding hydrogens is 354 g/mol. The van der Waals surface area contributed by atoms with Crippen LogP contribution in [-0.2, 0) is 6.42 Å². The van der Waals surface area contributed by atoms with Crippen molar-refractivity contribution >= 4 is 23.1 Å². The molecule has 28 heavy (non-hydrogen) atoms. The zero-order valence-electron chi connectivity index (χ0n) is 16.2. The summed E-state index contributed by atoms with van der Waals surface area (Å²) >= 11 is 0. The second-order valence-corrected chi connectivity index (χ2v) is 6.30. The Morgan fingerprint density at radius 3 is 2.75 bits per heavy atom. The minimum atomic E-state index is 0.430. The van der Waals surface area contributed by atoms with Crippen LogP contribution in [0.2, 0.25) is 0 Å². The van der Waals surface area contributed by atoms with Crippen molar-refractivity contribution in [3.05, 3.63) is 58.8 Å². The van der Waals surface area contributed by atoms with E-state index in [2.05, 4.69) is 42.6 Å². The van der Waals surface area contributed by atoms with E-state index in [9.17, 15) is 0 Å². The van der Waals surface area contributed by atoms with Crippen LogP contribution in [0.4, 0.5) is 23.1 Å². The first kappa shape index (κ1) is 19.2. The van der Waals surface area contributed by atoms with Crippen LogP contribution in [0.25, 0.3) is 4.85 Å². The molecule has 0 atom stereocenters. The third-order valence-corrected chi connectivity index (χ3v) is 4.11. The maximum absolute atomic E-state index is 7.45. The smallest absolute Gasteiger partial charge is 0.231 e. The zero-order chi connectivity index (χ0) is 19.9. The van der Waals surface area contributed by atoms with Crippen LogP contribution in [0.3, 0.4) is 0 Å². The Morgan fingerprint density at radius 2 is 2.07 bits per heavy atom. The highest BCUT2D eigenvalue weighted by Gasteiger charge is 2.11. The second-order valence-electron chi connectivity index (χ2n) is 6.30. The van der Waals surface area contributed by atoms with Crippen molar-refractivity contribution in [2.24, 2.45) is 0 Å². The first-order valence-electron chi connectivity index (χ1n) is 9.08. The predicted octanol–water partition coefficient (Wildman–Crippen LogP) is 4.16. The topological polar surface area (TPSA) is 92.1 Å². The third kappa shape index (κ3) is 4.76. The van der Waals surface area contributed by atoms with Gasteiger partial charge in [0.2, 0.25) is 5.69 Å². The summed E-state index contributed by atoms with van der Waals surface area (Å²) in [5.74, 6) is 2.56. The molecule has 0 spiro atoms. The fourth-order valence-electron chi connectivity index (χ4n) is 2.61. The van der Waals surface area contributed by atoms with Crippen LogP contribution in [0.15, 0.2) is 30.5 Å². The Balaban J connectivity index is 1.65. The van der Waals surface area contributed by atoms with E-state index in [1.54, 1.807) is 6.20 Å². The summed E-state index contributed by atoms with van der Waals surface area (Å²) in [6, 6.07) is 7.57. The molecule has 0 unspecified atom stereocenters. The molecule has 144 valence electrons. The lowest BCUT2D eigenvalue weighted by molar-refractivity contribution is 0.331. The third-order valence-electron chi connectivity index (χ3n) is 4.11. The molecule has 0 aliphatic heterocycles. The number of aryl methyl sites for hydroxylation is 3. The van der Waals surface area contributed by atoms with E-state index >= 15 is 0 Å². The van der Waals surface area contributed by atoms with Gasteiger partial charge in [0.15, 0.2) is 5.82 Å². The van der Waals surface area contributed by atoms with E-state index in [0.29, 0.717) is 42.0 Å². The van der Waals surface area contributed by atoms with Gasteiger partial charge in [0.25, 0.3) is 0 Å². The van der Waals surface area contributed by atoms with E-state index in [0.717, 1.165) is 23.4 Å². The lowest BCUT2D eigenvalue weighted by Crippen LogP contribution is -2.13. The van der Waals surface area contributed by atoms with E-state index < -0.39 is 0 Å². The normalized spacial score (nSPS) is 10.4. The molecule has 0 radical (unpaired) electrons. The first-order chi connectivity index (χ1) is 13.6. The van der Waals surface area contributed by atoms with E-state index in [1.165, 1.54) is 0 Å². The largest absolute Gasteiger partial charge is 0.490 e. The lowest BCUT2D eigenvalue weighted by Gasteiger charge is -2.13. The summed E-state index contributed by atoms with van der Waals surface area (Å²) in [4.78, 5) is 12.3. The van der Waals surface area contributed by atoms with Gasteiger partial charge in [-0.1, -0.05) is 6.92 Å². The number of pyridine rings is 2. The van der Waals surface area contributed by atoms with Crippen LogP contribution < -0.4 is 15.4 Å². The van der Waals surface area contributed by atoms with Gasteiger partial charge in [-0.15, -0.1) is 0 Å². The quantitative estimate of drug-likeness (QED) is 0.403. The summed E-state index contributed by atoms with van der Waals surface area (Å²) < 4.78 is 5.67. The molecule has 0 aromatic carbocycles. The van der Waals surface area contributed by atoms with Crippen molar-refractivity contribution in [1.82, 2.24) is 20.2 Å². The van der Waals surface area contributed by atoms with E-state index in [1.807, 2.05) is 38.1 Å². The first-order valence-corrected chi connectivity index (χ1v) is 9.08. The van der Waals surface area contributed by atoms with Crippen LogP contribution in [0.5, 0.6) is 5.75 Å². The average Bonchev–Trinajstić information content (AvgIpc) is 3.14. The molecule has 3 heterocycles. The minimum Gasteiger partial charge on any atom is -0.490 e. The fraction of sp³-hybridized carbons (Fsp3) is 0.300. The number of anilines is 3. The van der Waals surface area contributed by atoms with Gasteiger partial charge in [-0.3, -0.25) is 10.1 Å². The summed E-state index contributed by atoms with van der Waals surface area (Å²) in [6.45, 7) is 14.3. The van der Waals surface area contributed by atoms with Gasteiger partial charge in [0.05, 0.1) is 12.8 Å². The summed E-state index contributed by atoms with van der Waals surface area (Å²) in [7, 11) is 0. The number of H-pyrrole nitrogens is 1. The molecule has 3 rings (SSSR count). The van der Waals surface area contributed by atoms with Gasteiger partial charge in [-0.25, -0.2) is 9.83 Å². The number of rotatable bonds is 8. The van der Waals surface area contributed by atoms with Crippen LogP contribution in [0.1, 0.15) is 23.9 Å². The Kier molecular flexibility index (Phi) is 6.07. The van der Waals surface area contributed by atoms with Crippen molar-refractivity contribution < 1.29 is 4.74 Å². The average molecular weight is 377 g/mol. The number of hydrogen-bond acceptors (Lipinski definition) is 6. The van der Waals surface area contributed by atoms with Crippen molar-refractivity contribution in [3.8, 4) is 5.75 Å². The van der Waals surface area contributed by atoms with Crippen LogP contribution >= 0.6 is 0 Å². The van der Waals surface area contributed by atoms with Gasteiger partial charge in [-0.05, 0) is 44.0 Å². The highest BCUT2D eigenvalue weighted by atomic mass is 16.5. The van der Waals surface area contributed by atoms with E-state index in [-0.39, 0.29) is 0 Å². The molecule has 0 aliphatic carbocycles. The Bertz CT molecular complexity index is 973. The Labute approximate surface area is 164 Å². The van der Waals surface area contributed by atoms with Gasteiger partial charge < -0.3 is 15.4 Å². The summed E-state index contributed by atoms with van der Waals surface area (Å²) in [5.41, 5.74) is 3.32. The molecule has 8 nitrogen and oxygen atoms in total. The maximum atomic E-state index is 7.45. The monoisotopic (exact) mass is 377 g/mol. The van der Waals surface area contributed by atoms with Gasteiger partial charge in [0.1, 0.15) is 24.0 Å². The zero-order valence-corrected chi connectivity index (χ0v) is 16.2. The standard InChI is InChI=1S/C20H23N7O/c1-5-15-11-18(27-26-15)24-17-10-13(2)19(21-4)20(25-17)22-8-9-28-16-7-6-14(3)23-12-16/h6-7,10-12H,5,8-9H2,1-3H3,(H3,22,24,25,26,27). The highest BCUT2D eigenvalue weighted by molar-refractivity contribution is 5.73. The number of ether oxygens (including phenoxy) is 1. The predicted molar refractivity (Wildman–Crippen MR) is 109 cm³/mol. The molecule has 0 aliphatic rings. The molecule has 3 N–H and O–H groups in total. The number of aromatic amines is 1. The summed E-state index contributed by atoms with van der Waals surface area (Å²) in [6.07, 6.45) is 2.57. The summed E-state index contributed by atoms with van der Waals surface area (Å²) in [5, 5.41) is 13.5. The molecule has 0 saturated heterocycles. The van der Waals surface area contributed by atoms with Crippen LogP contribution in [-0.4, -0.2) is 33.3 Å². The molecule has 3 aromatic heterocycles. The number of nitrogens with zero attached hydrogens (tertiary/aromatic N) is 4. The SMILES string of the molecule is [C-]#[N+]c1c(C)cc(Nc2cc(CC)[nH]n2)nc1NCCOc1ccc(C)nc1. The Morgan fingerprint density at radius 1 is 1.21 bits per heavy atom. The molecule has 0 bridgehead atoms. The second kappa shape index (κ2) is 8.86. The van der Waals surface area contributed by atoms with E-state index in [4.69, 9.17) is 11.3 Å². The van der Waals surface area contributed by atoms with Gasteiger partial charge in [0, 0.05) is 24.0 Å².